The third-order valence-electron chi connectivity index (χ3n) is 11.1. The van der Waals surface area contributed by atoms with Crippen molar-refractivity contribution in [2.24, 2.45) is 34.8 Å². The first-order valence-corrected chi connectivity index (χ1v) is 24.2. The van der Waals surface area contributed by atoms with Gasteiger partial charge in [0.2, 0.25) is 59.1 Å². The van der Waals surface area contributed by atoms with Crippen molar-refractivity contribution in [3.05, 3.63) is 35.9 Å². The monoisotopic (exact) mass is 1050 g/mol. The van der Waals surface area contributed by atoms with Crippen molar-refractivity contribution in [3.63, 3.8) is 0 Å². The minimum Gasteiger partial charge on any atom is -0.481 e. The lowest BCUT2D eigenvalue weighted by atomic mass is 9.99. The first-order valence-electron chi connectivity index (χ1n) is 24.2. The van der Waals surface area contributed by atoms with Gasteiger partial charge >= 0.3 is 11.9 Å². The highest BCUT2D eigenvalue weighted by Gasteiger charge is 2.36. The summed E-state index contributed by atoms with van der Waals surface area (Å²) < 4.78 is 0. The maximum atomic E-state index is 14.0. The summed E-state index contributed by atoms with van der Waals surface area (Å²) in [7, 11) is 0. The fourth-order valence-corrected chi connectivity index (χ4v) is 7.09. The molecule has 0 saturated heterocycles. The van der Waals surface area contributed by atoms with Gasteiger partial charge in [-0.25, -0.2) is 0 Å². The van der Waals surface area contributed by atoms with E-state index in [9.17, 15) is 72.9 Å². The molecular weight excluding hydrogens is 973 g/mol. The van der Waals surface area contributed by atoms with Gasteiger partial charge in [0.1, 0.15) is 48.3 Å². The van der Waals surface area contributed by atoms with Gasteiger partial charge in [0.15, 0.2) is 0 Å². The Morgan fingerprint density at radius 1 is 0.500 bits per heavy atom. The molecule has 0 heterocycles. The van der Waals surface area contributed by atoms with Crippen LogP contribution in [0.1, 0.15) is 104 Å². The lowest BCUT2D eigenvalue weighted by Crippen LogP contribution is -2.61. The molecule has 0 spiro atoms. The Morgan fingerprint density at radius 3 is 1.38 bits per heavy atom. The number of nitrogens with one attached hydrogen (secondary N) is 8. The average Bonchev–Trinajstić information content (AvgIpc) is 3.31. The van der Waals surface area contributed by atoms with Crippen molar-refractivity contribution in [2.45, 2.75) is 160 Å². The quantitative estimate of drug-likeness (QED) is 0.0283. The molecule has 10 amide bonds. The highest BCUT2D eigenvalue weighted by molar-refractivity contribution is 5.99. The molecule has 74 heavy (non-hydrogen) atoms. The molecule has 1 rings (SSSR count). The average molecular weight is 1050 g/mol. The van der Waals surface area contributed by atoms with E-state index in [0.29, 0.717) is 24.9 Å². The normalized spacial score (nSPS) is 14.7. The van der Waals surface area contributed by atoms with E-state index in [1.165, 1.54) is 0 Å². The number of aliphatic hydroxyl groups is 1. The molecule has 0 radical (unpaired) electrons. The van der Waals surface area contributed by atoms with Crippen molar-refractivity contribution in [1.29, 1.82) is 0 Å². The molecule has 0 unspecified atom stereocenters. The van der Waals surface area contributed by atoms with Gasteiger partial charge in [-0.1, -0.05) is 64.4 Å². The van der Waals surface area contributed by atoms with Crippen LogP contribution in [0.3, 0.4) is 0 Å². The number of carboxylic acids is 2. The van der Waals surface area contributed by atoms with Gasteiger partial charge in [-0.05, 0) is 69.4 Å². The van der Waals surface area contributed by atoms with E-state index in [-0.39, 0.29) is 43.9 Å². The van der Waals surface area contributed by atoms with Gasteiger partial charge < -0.3 is 80.8 Å². The Kier molecular flexibility index (Phi) is 29.3. The van der Waals surface area contributed by atoms with Crippen molar-refractivity contribution in [3.8, 4) is 0 Å². The molecule has 9 atom stereocenters. The predicted molar refractivity (Wildman–Crippen MR) is 265 cm³/mol. The maximum absolute atomic E-state index is 14.0. The number of amides is 10. The molecule has 0 aromatic heterocycles. The van der Waals surface area contributed by atoms with Gasteiger partial charge in [0, 0.05) is 19.3 Å². The second-order valence-electron chi connectivity index (χ2n) is 18.6. The number of carbonyl (C=O) groups excluding carboxylic acids is 10. The summed E-state index contributed by atoms with van der Waals surface area (Å²) in [6, 6.07) is -4.87. The molecule has 0 aliphatic heterocycles. The smallest absolute Gasteiger partial charge is 0.325 e. The SMILES string of the molecule is CC(C)C[C@H](NC(=O)[C@H](CC(C)C)NC(=O)[C@H](CO)NC(=O)[C@H](CCC(N)=O)NC(=O)[C@H](Cc1ccccc1)NC(=O)[C@@H](N)CCCCN)C(=O)N[C@@H](CC(N)=O)C(=O)N[C@@H](CCC(=O)O)C(=O)N[C@@H](C)C(=O)O. The summed E-state index contributed by atoms with van der Waals surface area (Å²) in [6.45, 7) is 7.23. The predicted octanol–water partition coefficient (Wildman–Crippen LogP) is -4.24. The maximum Gasteiger partial charge on any atom is 0.325 e. The summed E-state index contributed by atoms with van der Waals surface area (Å²) >= 11 is 0. The third-order valence-corrected chi connectivity index (χ3v) is 11.1. The Balaban J connectivity index is 3.41. The summed E-state index contributed by atoms with van der Waals surface area (Å²) in [5, 5.41) is 47.8. The van der Waals surface area contributed by atoms with Crippen molar-refractivity contribution in [2.75, 3.05) is 13.2 Å². The lowest BCUT2D eigenvalue weighted by molar-refractivity contribution is -0.142. The number of carboxylic acid groups (broad SMARTS) is 2. The zero-order chi connectivity index (χ0) is 56.2. The minimum atomic E-state index is -1.80. The second-order valence-corrected chi connectivity index (χ2v) is 18.6. The largest absolute Gasteiger partial charge is 0.481 e. The number of primary amides is 2. The number of nitrogens with two attached hydrogens (primary N) is 4. The molecule has 27 heteroatoms. The van der Waals surface area contributed by atoms with E-state index in [1.807, 2.05) is 0 Å². The number of hydrogen-bond acceptors (Lipinski definition) is 15. The highest BCUT2D eigenvalue weighted by Crippen LogP contribution is 2.12. The number of hydrogen-bond donors (Lipinski definition) is 15. The van der Waals surface area contributed by atoms with Crippen LogP contribution in [0.5, 0.6) is 0 Å². The van der Waals surface area contributed by atoms with Crippen molar-refractivity contribution in [1.82, 2.24) is 42.5 Å². The number of aliphatic carboxylic acids is 2. The van der Waals surface area contributed by atoms with E-state index < -0.39 is 158 Å². The number of carbonyl (C=O) groups is 12. The molecule has 0 fully saturated rings. The molecule has 1 aromatic carbocycles. The van der Waals surface area contributed by atoms with Gasteiger partial charge in [-0.2, -0.15) is 0 Å². The van der Waals surface area contributed by atoms with Crippen LogP contribution >= 0.6 is 0 Å². The Morgan fingerprint density at radius 2 is 0.919 bits per heavy atom. The zero-order valence-electron chi connectivity index (χ0n) is 42.5. The summed E-state index contributed by atoms with van der Waals surface area (Å²) in [6.07, 6.45) is -1.62. The second kappa shape index (κ2) is 33.5. The zero-order valence-corrected chi connectivity index (χ0v) is 42.5. The molecule has 414 valence electrons. The van der Waals surface area contributed by atoms with E-state index in [2.05, 4.69) is 42.5 Å². The van der Waals surface area contributed by atoms with Crippen LogP contribution in [0.4, 0.5) is 0 Å². The number of benzene rings is 1. The van der Waals surface area contributed by atoms with Gasteiger partial charge in [-0.3, -0.25) is 57.5 Å². The Labute approximate surface area is 428 Å². The number of rotatable bonds is 36. The fourth-order valence-electron chi connectivity index (χ4n) is 7.09. The molecular formula is C47H76N12O15. The first kappa shape index (κ1) is 64.8. The van der Waals surface area contributed by atoms with Crippen LogP contribution in [0.25, 0.3) is 0 Å². The van der Waals surface area contributed by atoms with Crippen LogP contribution in [0.15, 0.2) is 30.3 Å². The Hall–Kier alpha value is -7.26. The van der Waals surface area contributed by atoms with Crippen LogP contribution in [-0.2, 0) is 64.0 Å². The van der Waals surface area contributed by atoms with E-state index in [4.69, 9.17) is 22.9 Å². The van der Waals surface area contributed by atoms with Crippen LogP contribution < -0.4 is 65.5 Å². The standard InChI is InChI=1S/C47H76N12O15/c1-24(2)19-31(43(69)58-34(22-37(51)62)45(71)54-30(15-17-38(63)64)40(66)52-26(5)47(73)74)56-42(68)32(20-25(3)4)57-46(72)35(23-60)59-41(67)29(14-16-36(50)61)53-44(70)33(21-27-11-7-6-8-12-27)55-39(65)28(49)13-9-10-18-48/h6-8,11-12,24-26,28-35,60H,9-10,13-23,48-49H2,1-5H3,(H2,50,61)(H2,51,62)(H,52,66)(H,53,70)(H,54,71)(H,55,65)(H,56,68)(H,57,72)(H,58,69)(H,59,67)(H,63,64)(H,73,74)/t26-,28-,29-,30-,31-,32-,33-,34-,35-/m0/s1. The van der Waals surface area contributed by atoms with Crippen LogP contribution in [0, 0.1) is 11.8 Å². The van der Waals surface area contributed by atoms with Crippen LogP contribution in [0.2, 0.25) is 0 Å². The lowest BCUT2D eigenvalue weighted by Gasteiger charge is -2.28. The van der Waals surface area contributed by atoms with E-state index in [0.717, 1.165) is 6.92 Å². The molecule has 0 bridgehead atoms. The molecule has 19 N–H and O–H groups in total. The van der Waals surface area contributed by atoms with Crippen molar-refractivity contribution >= 4 is 71.0 Å². The fraction of sp³-hybridized carbons (Fsp3) is 0.617. The number of aliphatic hydroxyl groups excluding tert-OH is 1. The topological polar surface area (TPSA) is 466 Å². The molecule has 0 aliphatic rings. The highest BCUT2D eigenvalue weighted by atomic mass is 16.4. The summed E-state index contributed by atoms with van der Waals surface area (Å²) in [5.74, 6) is -13.3. The van der Waals surface area contributed by atoms with Crippen molar-refractivity contribution < 1.29 is 72.9 Å². The van der Waals surface area contributed by atoms with Gasteiger partial charge in [0.25, 0.3) is 0 Å². The summed E-state index contributed by atoms with van der Waals surface area (Å²) in [5.41, 5.74) is 23.0. The summed E-state index contributed by atoms with van der Waals surface area (Å²) in [4.78, 5) is 156. The first-order chi connectivity index (χ1) is 34.7. The molecule has 0 aliphatic carbocycles. The van der Waals surface area contributed by atoms with Crippen LogP contribution in [-0.4, -0.2) is 154 Å². The molecule has 0 saturated carbocycles. The molecule has 1 aromatic rings. The van der Waals surface area contributed by atoms with Gasteiger partial charge in [0.05, 0.1) is 19.1 Å². The third kappa shape index (κ3) is 25.4. The van der Waals surface area contributed by atoms with E-state index >= 15 is 0 Å². The van der Waals surface area contributed by atoms with E-state index in [1.54, 1.807) is 58.0 Å². The Bertz CT molecular complexity index is 2090. The minimum absolute atomic E-state index is 0.0459. The molecule has 27 nitrogen and oxygen atoms in total. The number of unbranched alkanes of at least 4 members (excludes halogenated alkanes) is 1. The van der Waals surface area contributed by atoms with Gasteiger partial charge in [-0.15, -0.1) is 0 Å².